The van der Waals surface area contributed by atoms with Crippen molar-refractivity contribution in [2.45, 2.75) is 38.2 Å². The number of hydrogen-bond donors (Lipinski definition) is 2. The van der Waals surface area contributed by atoms with Gasteiger partial charge in [-0.25, -0.2) is 4.79 Å². The molecule has 0 radical (unpaired) electrons. The first-order valence-corrected chi connectivity index (χ1v) is 11.8. The van der Waals surface area contributed by atoms with E-state index in [9.17, 15) is 14.7 Å². The monoisotopic (exact) mass is 496 g/mol. The Bertz CT molecular complexity index is 1550. The van der Waals surface area contributed by atoms with E-state index in [2.05, 4.69) is 22.3 Å². The summed E-state index contributed by atoms with van der Waals surface area (Å²) >= 11 is 0. The molecule has 1 atom stereocenters. The minimum Gasteiger partial charge on any atom is -0.497 e. The molecule has 7 heteroatoms. The van der Waals surface area contributed by atoms with Crippen molar-refractivity contribution >= 4 is 22.4 Å². The smallest absolute Gasteiger partial charge is 0.366 e. The van der Waals surface area contributed by atoms with E-state index in [1.54, 1.807) is 56.5 Å². The van der Waals surface area contributed by atoms with Crippen LogP contribution in [-0.4, -0.2) is 28.9 Å². The number of ether oxygens (including phenoxy) is 1. The fourth-order valence-electron chi connectivity index (χ4n) is 4.20. The van der Waals surface area contributed by atoms with Gasteiger partial charge < -0.3 is 19.7 Å². The average molecular weight is 497 g/mol. The maximum Gasteiger partial charge on any atom is 0.366 e. The van der Waals surface area contributed by atoms with Gasteiger partial charge in [0, 0.05) is 23.1 Å². The topological polar surface area (TPSA) is 102 Å². The fourth-order valence-corrected chi connectivity index (χ4v) is 4.20. The number of rotatable bonds is 6. The Balaban J connectivity index is 1.71. The van der Waals surface area contributed by atoms with Crippen molar-refractivity contribution in [2.75, 3.05) is 12.4 Å². The van der Waals surface area contributed by atoms with Crippen molar-refractivity contribution in [2.24, 2.45) is 0 Å². The molecular formula is C30H28N2O5. The molecule has 0 saturated carbocycles. The summed E-state index contributed by atoms with van der Waals surface area (Å²) in [6.07, 6.45) is 0.0384. The summed E-state index contributed by atoms with van der Waals surface area (Å²) in [5.74, 6) is 5.78. The number of nitrogens with one attached hydrogen (secondary N) is 1. The predicted molar refractivity (Wildman–Crippen MR) is 143 cm³/mol. The summed E-state index contributed by atoms with van der Waals surface area (Å²) in [4.78, 5) is 25.6. The SMILES string of the molecule is COc1ccc(C#CC(O)(CC(C)(C)c2ccccc2)C(=O)Nc2ccc3c(=O)onc(C)c3c2)cc1. The molecule has 0 aliphatic heterocycles. The minimum absolute atomic E-state index is 0.0384. The molecule has 1 unspecified atom stereocenters. The summed E-state index contributed by atoms with van der Waals surface area (Å²) in [7, 11) is 1.58. The lowest BCUT2D eigenvalue weighted by atomic mass is 9.75. The largest absolute Gasteiger partial charge is 0.497 e. The van der Waals surface area contributed by atoms with Crippen molar-refractivity contribution in [3.05, 3.63) is 100 Å². The number of methoxy groups -OCH3 is 1. The Kier molecular flexibility index (Phi) is 7.14. The third-order valence-electron chi connectivity index (χ3n) is 6.28. The molecule has 0 aliphatic rings. The van der Waals surface area contributed by atoms with Crippen molar-refractivity contribution in [3.63, 3.8) is 0 Å². The summed E-state index contributed by atoms with van der Waals surface area (Å²) in [6, 6.07) is 21.5. The summed E-state index contributed by atoms with van der Waals surface area (Å²) in [5.41, 5.74) is -0.678. The highest BCUT2D eigenvalue weighted by molar-refractivity contribution is 6.01. The second-order valence-corrected chi connectivity index (χ2v) is 9.54. The van der Waals surface area contributed by atoms with Crippen LogP contribution in [-0.2, 0) is 10.2 Å². The Hall–Kier alpha value is -4.41. The van der Waals surface area contributed by atoms with Gasteiger partial charge in [-0.2, -0.15) is 0 Å². The van der Waals surface area contributed by atoms with Gasteiger partial charge >= 0.3 is 5.63 Å². The highest BCUT2D eigenvalue weighted by Crippen LogP contribution is 2.33. The van der Waals surface area contributed by atoms with Crippen LogP contribution in [0.4, 0.5) is 5.69 Å². The minimum atomic E-state index is -2.03. The number of hydrogen-bond acceptors (Lipinski definition) is 6. The molecular weight excluding hydrogens is 468 g/mol. The lowest BCUT2D eigenvalue weighted by molar-refractivity contribution is -0.130. The van der Waals surface area contributed by atoms with Crippen molar-refractivity contribution in [1.29, 1.82) is 0 Å². The predicted octanol–water partition coefficient (Wildman–Crippen LogP) is 4.59. The standard InChI is InChI=1S/C30H28N2O5/c1-20-26-18-23(12-15-25(26)27(33)37-32-20)31-28(34)30(35,17-16-21-10-13-24(36-4)14-11-21)19-29(2,3)22-8-6-5-7-9-22/h5-15,18,35H,19H2,1-4H3,(H,31,34). The number of aliphatic hydroxyl groups is 1. The second kappa shape index (κ2) is 10.3. The van der Waals surface area contributed by atoms with Gasteiger partial charge in [0.1, 0.15) is 5.75 Å². The van der Waals surface area contributed by atoms with Crippen LogP contribution in [0.2, 0.25) is 0 Å². The number of aromatic nitrogens is 1. The summed E-state index contributed by atoms with van der Waals surface area (Å²) in [5, 5.41) is 19.2. The van der Waals surface area contributed by atoms with Crippen LogP contribution in [0.25, 0.3) is 10.8 Å². The molecule has 3 aromatic carbocycles. The Morgan fingerprint density at radius 2 is 1.76 bits per heavy atom. The summed E-state index contributed by atoms with van der Waals surface area (Å²) < 4.78 is 9.96. The zero-order valence-corrected chi connectivity index (χ0v) is 21.2. The molecule has 0 aliphatic carbocycles. The number of amides is 1. The molecule has 0 saturated heterocycles. The number of anilines is 1. The van der Waals surface area contributed by atoms with Crippen LogP contribution in [0, 0.1) is 18.8 Å². The molecule has 0 fully saturated rings. The van der Waals surface area contributed by atoms with Crippen LogP contribution in [0.5, 0.6) is 5.75 Å². The van der Waals surface area contributed by atoms with Crippen LogP contribution in [0.3, 0.4) is 0 Å². The number of carbonyl (C=O) groups excluding carboxylic acids is 1. The Labute approximate surface area is 215 Å². The van der Waals surface area contributed by atoms with Crippen LogP contribution < -0.4 is 15.7 Å². The highest BCUT2D eigenvalue weighted by Gasteiger charge is 2.41. The van der Waals surface area contributed by atoms with Gasteiger partial charge in [-0.3, -0.25) is 4.79 Å². The lowest BCUT2D eigenvalue weighted by Gasteiger charge is -2.32. The number of nitrogens with zero attached hydrogens (tertiary/aromatic N) is 1. The molecule has 37 heavy (non-hydrogen) atoms. The van der Waals surface area contributed by atoms with E-state index < -0.39 is 22.5 Å². The average Bonchev–Trinajstić information content (AvgIpc) is 2.90. The van der Waals surface area contributed by atoms with E-state index in [1.165, 1.54) is 0 Å². The molecule has 188 valence electrons. The van der Waals surface area contributed by atoms with E-state index in [-0.39, 0.29) is 6.42 Å². The molecule has 0 bridgehead atoms. The number of benzene rings is 3. The van der Waals surface area contributed by atoms with Gasteiger partial charge in [0.05, 0.1) is 18.2 Å². The third kappa shape index (κ3) is 5.71. The second-order valence-electron chi connectivity index (χ2n) is 9.54. The van der Waals surface area contributed by atoms with Crippen molar-refractivity contribution in [3.8, 4) is 17.6 Å². The first-order chi connectivity index (χ1) is 17.6. The molecule has 1 aromatic heterocycles. The number of fused-ring (bicyclic) bond motifs is 1. The Morgan fingerprint density at radius 1 is 1.05 bits per heavy atom. The number of carbonyl (C=O) groups is 1. The van der Waals surface area contributed by atoms with Crippen molar-refractivity contribution in [1.82, 2.24) is 5.16 Å². The van der Waals surface area contributed by atoms with Gasteiger partial charge in [-0.1, -0.05) is 61.2 Å². The first-order valence-electron chi connectivity index (χ1n) is 11.8. The molecule has 4 aromatic rings. The van der Waals surface area contributed by atoms with E-state index in [0.29, 0.717) is 33.5 Å². The van der Waals surface area contributed by atoms with Gasteiger partial charge in [0.25, 0.3) is 5.91 Å². The Morgan fingerprint density at radius 3 is 2.43 bits per heavy atom. The van der Waals surface area contributed by atoms with Gasteiger partial charge in [0.15, 0.2) is 0 Å². The van der Waals surface area contributed by atoms with Gasteiger partial charge in [-0.15, -0.1) is 0 Å². The molecule has 4 rings (SSSR count). The van der Waals surface area contributed by atoms with E-state index in [0.717, 1.165) is 5.56 Å². The van der Waals surface area contributed by atoms with Crippen LogP contribution in [0.15, 0.2) is 82.1 Å². The summed E-state index contributed by atoms with van der Waals surface area (Å²) in [6.45, 7) is 5.62. The van der Waals surface area contributed by atoms with Gasteiger partial charge in [0.2, 0.25) is 5.60 Å². The van der Waals surface area contributed by atoms with Crippen LogP contribution in [0.1, 0.15) is 37.1 Å². The zero-order valence-electron chi connectivity index (χ0n) is 21.2. The zero-order chi connectivity index (χ0) is 26.6. The van der Waals surface area contributed by atoms with E-state index >= 15 is 0 Å². The highest BCUT2D eigenvalue weighted by atomic mass is 16.5. The molecule has 2 N–H and O–H groups in total. The lowest BCUT2D eigenvalue weighted by Crippen LogP contribution is -2.46. The molecule has 7 nitrogen and oxygen atoms in total. The normalized spacial score (nSPS) is 12.8. The van der Waals surface area contributed by atoms with Gasteiger partial charge in [-0.05, 0) is 60.4 Å². The first kappa shape index (κ1) is 25.7. The maximum atomic E-state index is 13.6. The van der Waals surface area contributed by atoms with Crippen molar-refractivity contribution < 1.29 is 19.2 Å². The molecule has 1 amide bonds. The quantitative estimate of drug-likeness (QED) is 0.379. The van der Waals surface area contributed by atoms with E-state index in [1.807, 2.05) is 44.2 Å². The van der Waals surface area contributed by atoms with Crippen LogP contribution >= 0.6 is 0 Å². The maximum absolute atomic E-state index is 13.6. The van der Waals surface area contributed by atoms with E-state index in [4.69, 9.17) is 9.26 Å². The third-order valence-corrected chi connectivity index (χ3v) is 6.28. The fraction of sp³-hybridized carbons (Fsp3) is 0.233. The molecule has 1 heterocycles. The number of aryl methyl sites for hydroxylation is 1. The molecule has 0 spiro atoms.